The largest absolute Gasteiger partial charge is 0.311 e. The molecular weight excluding hydrogens is 484 g/mol. The van der Waals surface area contributed by atoms with Gasteiger partial charge in [-0.15, -0.1) is 11.3 Å². The van der Waals surface area contributed by atoms with Crippen LogP contribution in [0, 0.1) is 0 Å². The van der Waals surface area contributed by atoms with Crippen molar-refractivity contribution in [2.75, 3.05) is 4.90 Å². The van der Waals surface area contributed by atoms with Crippen LogP contribution >= 0.6 is 11.3 Å². The molecule has 0 amide bonds. The fourth-order valence-corrected chi connectivity index (χ4v) is 5.42. The van der Waals surface area contributed by atoms with E-state index in [1.54, 1.807) is 11.3 Å². The summed E-state index contributed by atoms with van der Waals surface area (Å²) in [6.07, 6.45) is 5.14. The molecule has 1 aromatic heterocycles. The van der Waals surface area contributed by atoms with Gasteiger partial charge in [-0.2, -0.15) is 0 Å². The van der Waals surface area contributed by atoms with Crippen LogP contribution in [0.25, 0.3) is 32.9 Å². The van der Waals surface area contributed by atoms with Gasteiger partial charge in [-0.05, 0) is 59.7 Å². The fourth-order valence-electron chi connectivity index (χ4n) is 4.40. The number of nitrogens with zero attached hydrogens (tertiary/aromatic N) is 2. The lowest BCUT2D eigenvalue weighted by atomic mass is 10.1. The van der Waals surface area contributed by atoms with E-state index in [-0.39, 0.29) is 0 Å². The average Bonchev–Trinajstić information content (AvgIpc) is 3.42. The summed E-state index contributed by atoms with van der Waals surface area (Å²) >= 11 is 1.66. The van der Waals surface area contributed by atoms with E-state index >= 15 is 0 Å². The van der Waals surface area contributed by atoms with Crippen molar-refractivity contribution in [2.45, 2.75) is 0 Å². The molecule has 0 radical (unpaired) electrons. The lowest BCUT2D eigenvalue weighted by molar-refractivity contribution is 0.112. The number of hydrogen-bond donors (Lipinski definition) is 0. The van der Waals surface area contributed by atoms with Gasteiger partial charge in [0.25, 0.3) is 0 Å². The summed E-state index contributed by atoms with van der Waals surface area (Å²) in [6.45, 7) is 0. The first-order valence-electron chi connectivity index (χ1n) is 12.4. The monoisotopic (exact) mass is 508 g/mol. The molecule has 0 aliphatic heterocycles. The van der Waals surface area contributed by atoms with Crippen molar-refractivity contribution in [3.05, 3.63) is 144 Å². The Morgan fingerprint density at radius 2 is 1.13 bits per heavy atom. The number of benzene rings is 5. The van der Waals surface area contributed by atoms with Crippen molar-refractivity contribution in [2.24, 2.45) is 0 Å². The zero-order valence-corrected chi connectivity index (χ0v) is 21.4. The van der Waals surface area contributed by atoms with Crippen molar-refractivity contribution in [1.82, 2.24) is 4.98 Å². The fraction of sp³-hybridized carbons (Fsp3) is 0. The Morgan fingerprint density at radius 3 is 1.76 bits per heavy atom. The van der Waals surface area contributed by atoms with Crippen LogP contribution in [-0.4, -0.2) is 11.3 Å². The molecule has 0 aliphatic rings. The molecule has 6 aromatic rings. The van der Waals surface area contributed by atoms with Gasteiger partial charge in [-0.3, -0.25) is 4.79 Å². The number of rotatable bonds is 7. The number of carbonyl (C=O) groups is 1. The van der Waals surface area contributed by atoms with Crippen molar-refractivity contribution in [3.8, 4) is 10.6 Å². The standard InChI is InChI=1S/C34H24N2OS/c37-24-27-13-18-28(19-14-27)34-35-32-22-17-26(23-33(32)38-34)12-11-25-15-20-31(21-16-25)36(29-7-3-1-4-8-29)30-9-5-2-6-10-30/h1-24H/b12-11+. The van der Waals surface area contributed by atoms with E-state index in [1.807, 2.05) is 36.4 Å². The van der Waals surface area contributed by atoms with Crippen LogP contribution in [0.15, 0.2) is 127 Å². The number of anilines is 3. The molecule has 4 heteroatoms. The maximum atomic E-state index is 10.9. The zero-order chi connectivity index (χ0) is 25.7. The summed E-state index contributed by atoms with van der Waals surface area (Å²) in [4.78, 5) is 18.0. The molecule has 38 heavy (non-hydrogen) atoms. The quantitative estimate of drug-likeness (QED) is 0.159. The number of fused-ring (bicyclic) bond motifs is 1. The number of thiazole rings is 1. The Balaban J connectivity index is 1.23. The Hall–Kier alpha value is -4.80. The molecule has 1 heterocycles. The van der Waals surface area contributed by atoms with Crippen molar-refractivity contribution < 1.29 is 4.79 Å². The van der Waals surface area contributed by atoms with Crippen molar-refractivity contribution in [1.29, 1.82) is 0 Å². The van der Waals surface area contributed by atoms with Crippen LogP contribution in [0.4, 0.5) is 17.1 Å². The number of aromatic nitrogens is 1. The highest BCUT2D eigenvalue weighted by molar-refractivity contribution is 7.21. The predicted octanol–water partition coefficient (Wildman–Crippen LogP) is 9.42. The van der Waals surface area contributed by atoms with Gasteiger partial charge in [0.1, 0.15) is 11.3 Å². The third kappa shape index (κ3) is 5.03. The Morgan fingerprint density at radius 1 is 0.579 bits per heavy atom. The van der Waals surface area contributed by atoms with E-state index in [0.717, 1.165) is 55.3 Å². The molecule has 0 spiro atoms. The van der Waals surface area contributed by atoms with Gasteiger partial charge in [0.05, 0.1) is 10.2 Å². The maximum absolute atomic E-state index is 10.9. The SMILES string of the molecule is O=Cc1ccc(-c2nc3ccc(/C=C/c4ccc(N(c5ccccc5)c5ccccc5)cc4)cc3s2)cc1. The highest BCUT2D eigenvalue weighted by Gasteiger charge is 2.11. The summed E-state index contributed by atoms with van der Waals surface area (Å²) in [5.41, 5.74) is 8.29. The molecule has 0 saturated carbocycles. The summed E-state index contributed by atoms with van der Waals surface area (Å²) in [6, 6.07) is 43.3. The topological polar surface area (TPSA) is 33.2 Å². The highest BCUT2D eigenvalue weighted by Crippen LogP contribution is 2.34. The third-order valence-electron chi connectivity index (χ3n) is 6.35. The minimum Gasteiger partial charge on any atom is -0.311 e. The molecule has 0 fully saturated rings. The summed E-state index contributed by atoms with van der Waals surface area (Å²) < 4.78 is 1.14. The Labute approximate surface area is 226 Å². The van der Waals surface area contributed by atoms with E-state index in [0.29, 0.717) is 5.56 Å². The molecule has 6 rings (SSSR count). The van der Waals surface area contributed by atoms with Gasteiger partial charge in [-0.25, -0.2) is 4.98 Å². The van der Waals surface area contributed by atoms with Gasteiger partial charge < -0.3 is 4.90 Å². The van der Waals surface area contributed by atoms with Gasteiger partial charge in [0, 0.05) is 28.2 Å². The Kier molecular flexibility index (Phi) is 6.62. The smallest absolute Gasteiger partial charge is 0.150 e. The molecule has 0 aliphatic carbocycles. The number of hydrogen-bond acceptors (Lipinski definition) is 4. The third-order valence-corrected chi connectivity index (χ3v) is 7.42. The summed E-state index contributed by atoms with van der Waals surface area (Å²) in [5.74, 6) is 0. The van der Waals surface area contributed by atoms with Crippen LogP contribution in [0.3, 0.4) is 0 Å². The molecule has 0 atom stereocenters. The first-order chi connectivity index (χ1) is 18.8. The number of aldehydes is 1. The predicted molar refractivity (Wildman–Crippen MR) is 160 cm³/mol. The lowest BCUT2D eigenvalue weighted by Gasteiger charge is -2.25. The van der Waals surface area contributed by atoms with E-state index in [9.17, 15) is 4.79 Å². The number of carbonyl (C=O) groups excluding carboxylic acids is 1. The van der Waals surface area contributed by atoms with Crippen LogP contribution in [0.5, 0.6) is 0 Å². The molecule has 5 aromatic carbocycles. The zero-order valence-electron chi connectivity index (χ0n) is 20.6. The molecule has 0 bridgehead atoms. The van der Waals surface area contributed by atoms with Crippen LogP contribution in [0.2, 0.25) is 0 Å². The summed E-state index contributed by atoms with van der Waals surface area (Å²) in [5, 5.41) is 0.954. The second-order valence-corrected chi connectivity index (χ2v) is 9.95. The lowest BCUT2D eigenvalue weighted by Crippen LogP contribution is -2.09. The second-order valence-electron chi connectivity index (χ2n) is 8.92. The number of para-hydroxylation sites is 2. The van der Waals surface area contributed by atoms with Gasteiger partial charge in [0.15, 0.2) is 0 Å². The normalized spacial score (nSPS) is 11.2. The van der Waals surface area contributed by atoms with E-state index in [4.69, 9.17) is 4.98 Å². The molecule has 0 N–H and O–H groups in total. The molecule has 3 nitrogen and oxygen atoms in total. The van der Waals surface area contributed by atoms with Gasteiger partial charge in [0.2, 0.25) is 0 Å². The van der Waals surface area contributed by atoms with Crippen LogP contribution < -0.4 is 4.90 Å². The van der Waals surface area contributed by atoms with E-state index in [1.165, 1.54) is 0 Å². The van der Waals surface area contributed by atoms with E-state index < -0.39 is 0 Å². The minimum absolute atomic E-state index is 0.670. The molecule has 0 saturated heterocycles. The van der Waals surface area contributed by atoms with Gasteiger partial charge >= 0.3 is 0 Å². The second kappa shape index (κ2) is 10.7. The molecule has 0 unspecified atom stereocenters. The minimum atomic E-state index is 0.670. The van der Waals surface area contributed by atoms with Gasteiger partial charge in [-0.1, -0.05) is 91.0 Å². The molecule has 182 valence electrons. The Bertz CT molecular complexity index is 1670. The van der Waals surface area contributed by atoms with Crippen molar-refractivity contribution in [3.63, 3.8) is 0 Å². The van der Waals surface area contributed by atoms with Crippen LogP contribution in [0.1, 0.15) is 21.5 Å². The molecular formula is C34H24N2OS. The highest BCUT2D eigenvalue weighted by atomic mass is 32.1. The first kappa shape index (κ1) is 23.6. The van der Waals surface area contributed by atoms with Crippen molar-refractivity contribution >= 4 is 57.1 Å². The average molecular weight is 509 g/mol. The summed E-state index contributed by atoms with van der Waals surface area (Å²) in [7, 11) is 0. The first-order valence-corrected chi connectivity index (χ1v) is 13.2. The van der Waals surface area contributed by atoms with Crippen LogP contribution in [-0.2, 0) is 0 Å². The van der Waals surface area contributed by atoms with E-state index in [2.05, 4.69) is 108 Å². The maximum Gasteiger partial charge on any atom is 0.150 e.